The third-order valence-electron chi connectivity index (χ3n) is 3.05. The number of hydrogen-bond acceptors (Lipinski definition) is 4. The first-order valence-electron chi connectivity index (χ1n) is 6.02. The molecule has 1 aliphatic rings. The number of aromatic nitrogens is 3. The molecular weight excluding hydrogens is 329 g/mol. The summed E-state index contributed by atoms with van der Waals surface area (Å²) in [7, 11) is 0. The van der Waals surface area contributed by atoms with Gasteiger partial charge in [0.05, 0.1) is 16.7 Å². The average Bonchev–Trinajstić information content (AvgIpc) is 2.81. The Balaban J connectivity index is 1.71. The monoisotopic (exact) mass is 339 g/mol. The Morgan fingerprint density at radius 2 is 2.30 bits per heavy atom. The van der Waals surface area contributed by atoms with Crippen molar-refractivity contribution < 1.29 is 9.18 Å². The molecule has 0 radical (unpaired) electrons. The third kappa shape index (κ3) is 2.56. The van der Waals surface area contributed by atoms with Gasteiger partial charge in [-0.3, -0.25) is 4.79 Å². The van der Waals surface area contributed by atoms with Gasteiger partial charge in [0.2, 0.25) is 0 Å². The zero-order valence-corrected chi connectivity index (χ0v) is 11.9. The lowest BCUT2D eigenvalue weighted by Crippen LogP contribution is -2.43. The van der Waals surface area contributed by atoms with Crippen LogP contribution in [0.5, 0.6) is 0 Å². The molecule has 2 N–H and O–H groups in total. The molecule has 0 unspecified atom stereocenters. The quantitative estimate of drug-likeness (QED) is 0.890. The lowest BCUT2D eigenvalue weighted by Gasteiger charge is -2.26. The Labute approximate surface area is 122 Å². The Bertz CT molecular complexity index is 655. The second-order valence-corrected chi connectivity index (χ2v) is 5.33. The van der Waals surface area contributed by atoms with Crippen LogP contribution in [0.25, 0.3) is 0 Å². The summed E-state index contributed by atoms with van der Waals surface area (Å²) in [6.45, 7) is 1.66. The molecule has 1 aliphatic heterocycles. The molecule has 2 heterocycles. The van der Waals surface area contributed by atoms with Gasteiger partial charge in [-0.15, -0.1) is 5.10 Å². The molecule has 104 valence electrons. The summed E-state index contributed by atoms with van der Waals surface area (Å²) in [6, 6.07) is 4.51. The summed E-state index contributed by atoms with van der Waals surface area (Å²) in [4.78, 5) is 12.0. The van der Waals surface area contributed by atoms with Crippen molar-refractivity contribution in [2.24, 2.45) is 0 Å². The van der Waals surface area contributed by atoms with Crippen molar-refractivity contribution >= 4 is 27.5 Å². The molecule has 2 aromatic rings. The fraction of sp³-hybridized carbons (Fsp3) is 0.250. The van der Waals surface area contributed by atoms with Crippen molar-refractivity contribution in [3.05, 3.63) is 40.4 Å². The lowest BCUT2D eigenvalue weighted by atomic mass is 10.2. The highest BCUT2D eigenvalue weighted by Crippen LogP contribution is 2.20. The van der Waals surface area contributed by atoms with Crippen LogP contribution >= 0.6 is 15.9 Å². The Hall–Kier alpha value is -1.80. The molecule has 6 nitrogen and oxygen atoms in total. The molecule has 0 saturated carbocycles. The van der Waals surface area contributed by atoms with E-state index in [-0.39, 0.29) is 23.5 Å². The maximum atomic E-state index is 13.1. The number of amides is 1. The van der Waals surface area contributed by atoms with E-state index in [1.165, 1.54) is 18.2 Å². The second-order valence-electron chi connectivity index (χ2n) is 4.48. The topological polar surface area (TPSA) is 71.8 Å². The third-order valence-corrected chi connectivity index (χ3v) is 3.66. The fourth-order valence-electron chi connectivity index (χ4n) is 1.79. The van der Waals surface area contributed by atoms with Crippen molar-refractivity contribution in [2.45, 2.75) is 6.04 Å². The zero-order chi connectivity index (χ0) is 14.1. The van der Waals surface area contributed by atoms with Crippen LogP contribution in [0.15, 0.2) is 28.9 Å². The van der Waals surface area contributed by atoms with Gasteiger partial charge in [0, 0.05) is 18.8 Å². The molecule has 0 bridgehead atoms. The first-order chi connectivity index (χ1) is 9.63. The van der Waals surface area contributed by atoms with Gasteiger partial charge in [0.1, 0.15) is 5.82 Å². The second kappa shape index (κ2) is 5.29. The maximum absolute atomic E-state index is 13.1. The molecular formula is C12H11BrFN5O. The van der Waals surface area contributed by atoms with Crippen LogP contribution in [0.2, 0.25) is 0 Å². The molecule has 0 atom stereocenters. The predicted octanol–water partition coefficient (Wildman–Crippen LogP) is 1.58. The fourth-order valence-corrected chi connectivity index (χ4v) is 2.17. The molecule has 0 spiro atoms. The summed E-state index contributed by atoms with van der Waals surface area (Å²) in [5.74, 6) is -0.756. The van der Waals surface area contributed by atoms with Gasteiger partial charge in [0.15, 0.2) is 5.69 Å². The summed E-state index contributed by atoms with van der Waals surface area (Å²) < 4.78 is 15.1. The number of benzene rings is 1. The molecule has 1 amide bonds. The van der Waals surface area contributed by atoms with Crippen molar-refractivity contribution in [3.63, 3.8) is 0 Å². The summed E-state index contributed by atoms with van der Waals surface area (Å²) in [5, 5.41) is 13.5. The van der Waals surface area contributed by atoms with E-state index in [1.54, 1.807) is 10.9 Å². The van der Waals surface area contributed by atoms with Gasteiger partial charge in [-0.2, -0.15) is 0 Å². The minimum Gasteiger partial charge on any atom is -0.321 e. The summed E-state index contributed by atoms with van der Waals surface area (Å²) >= 11 is 3.07. The Morgan fingerprint density at radius 3 is 2.95 bits per heavy atom. The van der Waals surface area contributed by atoms with Gasteiger partial charge < -0.3 is 10.6 Å². The van der Waals surface area contributed by atoms with Gasteiger partial charge >= 0.3 is 0 Å². The van der Waals surface area contributed by atoms with Crippen LogP contribution in [0.1, 0.15) is 16.5 Å². The van der Waals surface area contributed by atoms with E-state index in [0.29, 0.717) is 10.2 Å². The maximum Gasteiger partial charge on any atom is 0.277 e. The average molecular weight is 340 g/mol. The van der Waals surface area contributed by atoms with E-state index < -0.39 is 0 Å². The van der Waals surface area contributed by atoms with Gasteiger partial charge in [-0.25, -0.2) is 9.07 Å². The first kappa shape index (κ1) is 13.2. The molecule has 1 saturated heterocycles. The molecule has 3 rings (SSSR count). The van der Waals surface area contributed by atoms with Crippen molar-refractivity contribution in [1.82, 2.24) is 20.3 Å². The minimum absolute atomic E-state index is 0.234. The van der Waals surface area contributed by atoms with Crippen LogP contribution in [0, 0.1) is 5.82 Å². The highest BCUT2D eigenvalue weighted by molar-refractivity contribution is 9.10. The predicted molar refractivity (Wildman–Crippen MR) is 74.0 cm³/mol. The normalized spacial score (nSPS) is 14.9. The Kier molecular flexibility index (Phi) is 3.49. The molecule has 1 aromatic heterocycles. The largest absolute Gasteiger partial charge is 0.321 e. The summed E-state index contributed by atoms with van der Waals surface area (Å²) in [5.41, 5.74) is 0.723. The van der Waals surface area contributed by atoms with Gasteiger partial charge in [0.25, 0.3) is 5.91 Å². The highest BCUT2D eigenvalue weighted by Gasteiger charge is 2.21. The molecule has 20 heavy (non-hydrogen) atoms. The minimum atomic E-state index is -0.383. The number of carbonyl (C=O) groups excluding carboxylic acids is 1. The van der Waals surface area contributed by atoms with E-state index in [1.807, 2.05) is 0 Å². The van der Waals surface area contributed by atoms with Gasteiger partial charge in [-0.1, -0.05) is 5.21 Å². The number of halogens is 2. The van der Waals surface area contributed by atoms with Gasteiger partial charge in [-0.05, 0) is 34.1 Å². The van der Waals surface area contributed by atoms with Crippen LogP contribution in [-0.4, -0.2) is 34.0 Å². The first-order valence-corrected chi connectivity index (χ1v) is 6.82. The van der Waals surface area contributed by atoms with Crippen LogP contribution in [-0.2, 0) is 0 Å². The smallest absolute Gasteiger partial charge is 0.277 e. The van der Waals surface area contributed by atoms with E-state index in [2.05, 4.69) is 36.9 Å². The van der Waals surface area contributed by atoms with Crippen LogP contribution in [0.4, 0.5) is 10.1 Å². The van der Waals surface area contributed by atoms with Crippen molar-refractivity contribution in [1.29, 1.82) is 0 Å². The van der Waals surface area contributed by atoms with E-state index in [0.717, 1.165) is 13.1 Å². The van der Waals surface area contributed by atoms with E-state index >= 15 is 0 Å². The zero-order valence-electron chi connectivity index (χ0n) is 10.3. The van der Waals surface area contributed by atoms with Crippen LogP contribution in [0.3, 0.4) is 0 Å². The van der Waals surface area contributed by atoms with E-state index in [9.17, 15) is 9.18 Å². The van der Waals surface area contributed by atoms with Crippen molar-refractivity contribution in [3.8, 4) is 0 Å². The lowest BCUT2D eigenvalue weighted by molar-refractivity contribution is 0.102. The number of nitrogens with one attached hydrogen (secondary N) is 2. The SMILES string of the molecule is O=C(Nc1ccc(F)c(Br)c1)c1cn(C2CNC2)nn1. The number of nitrogens with zero attached hydrogens (tertiary/aromatic N) is 3. The number of carbonyl (C=O) groups is 1. The van der Waals surface area contributed by atoms with Crippen LogP contribution < -0.4 is 10.6 Å². The number of rotatable bonds is 3. The molecule has 8 heteroatoms. The molecule has 0 aliphatic carbocycles. The molecule has 1 fully saturated rings. The number of hydrogen-bond donors (Lipinski definition) is 2. The highest BCUT2D eigenvalue weighted by atomic mass is 79.9. The number of anilines is 1. The summed E-state index contributed by atoms with van der Waals surface area (Å²) in [6.07, 6.45) is 1.61. The standard InChI is InChI=1S/C12H11BrFN5O/c13-9-3-7(1-2-10(9)14)16-12(20)11-6-19(18-17-11)8-4-15-5-8/h1-3,6,8,15H,4-5H2,(H,16,20). The molecule has 1 aromatic carbocycles. The Morgan fingerprint density at radius 1 is 1.50 bits per heavy atom. The van der Waals surface area contributed by atoms with Crippen molar-refractivity contribution in [2.75, 3.05) is 18.4 Å². The van der Waals surface area contributed by atoms with E-state index in [4.69, 9.17) is 0 Å².